The number of hydrogen-bond donors (Lipinski definition) is 1. The Kier molecular flexibility index (Phi) is 3.96. The molecule has 1 atom stereocenters. The number of hydrogen-bond acceptors (Lipinski definition) is 4. The second-order valence-electron chi connectivity index (χ2n) is 5.21. The smallest absolute Gasteiger partial charge is 0.162 e. The van der Waals surface area contributed by atoms with E-state index in [-0.39, 0.29) is 0 Å². The minimum Gasteiger partial charge on any atom is -0.486 e. The van der Waals surface area contributed by atoms with Crippen molar-refractivity contribution in [1.82, 2.24) is 4.90 Å². The molecule has 2 aliphatic rings. The van der Waals surface area contributed by atoms with Crippen LogP contribution >= 0.6 is 15.9 Å². The minimum atomic E-state index is 0.628. The van der Waals surface area contributed by atoms with E-state index in [2.05, 4.69) is 26.9 Å². The Hall–Kier alpha value is -0.780. The number of halogens is 1. The van der Waals surface area contributed by atoms with E-state index < -0.39 is 0 Å². The molecule has 104 valence electrons. The van der Waals surface area contributed by atoms with Crippen LogP contribution in [-0.4, -0.2) is 37.7 Å². The van der Waals surface area contributed by atoms with Gasteiger partial charge >= 0.3 is 0 Å². The van der Waals surface area contributed by atoms with Crippen molar-refractivity contribution in [3.63, 3.8) is 0 Å². The monoisotopic (exact) mass is 326 g/mol. The predicted octanol–water partition coefficient (Wildman–Crippen LogP) is 2.00. The van der Waals surface area contributed by atoms with E-state index in [1.807, 2.05) is 6.07 Å². The predicted molar refractivity (Wildman–Crippen MR) is 77.6 cm³/mol. The largest absolute Gasteiger partial charge is 0.486 e. The quantitative estimate of drug-likeness (QED) is 0.923. The summed E-state index contributed by atoms with van der Waals surface area (Å²) in [6.45, 7) is 5.21. The number of fused-ring (bicyclic) bond motifs is 1. The molecule has 0 aromatic heterocycles. The van der Waals surface area contributed by atoms with Crippen molar-refractivity contribution in [3.8, 4) is 11.5 Å². The van der Waals surface area contributed by atoms with Gasteiger partial charge in [-0.3, -0.25) is 4.90 Å². The number of likely N-dealkylation sites (tertiary alicyclic amines) is 1. The summed E-state index contributed by atoms with van der Waals surface area (Å²) in [6.07, 6.45) is 1.21. The molecule has 1 fully saturated rings. The van der Waals surface area contributed by atoms with E-state index in [1.165, 1.54) is 12.0 Å². The Labute approximate surface area is 122 Å². The van der Waals surface area contributed by atoms with Crippen LogP contribution < -0.4 is 15.2 Å². The fraction of sp³-hybridized carbons (Fsp3) is 0.571. The molecule has 2 N–H and O–H groups in total. The van der Waals surface area contributed by atoms with Gasteiger partial charge in [-0.05, 0) is 43.1 Å². The third kappa shape index (κ3) is 2.88. The first kappa shape index (κ1) is 13.2. The maximum atomic E-state index is 5.74. The molecule has 0 aliphatic carbocycles. The van der Waals surface area contributed by atoms with Crippen molar-refractivity contribution in [2.75, 3.05) is 32.8 Å². The summed E-state index contributed by atoms with van der Waals surface area (Å²) in [4.78, 5) is 2.45. The molecule has 0 unspecified atom stereocenters. The van der Waals surface area contributed by atoms with E-state index in [1.54, 1.807) is 0 Å². The summed E-state index contributed by atoms with van der Waals surface area (Å²) in [5.41, 5.74) is 6.99. The third-order valence-electron chi connectivity index (χ3n) is 3.81. The van der Waals surface area contributed by atoms with Crippen molar-refractivity contribution >= 4 is 15.9 Å². The van der Waals surface area contributed by atoms with Gasteiger partial charge in [0.05, 0.1) is 0 Å². The first-order chi connectivity index (χ1) is 9.26. The van der Waals surface area contributed by atoms with Crippen LogP contribution in [0.15, 0.2) is 16.6 Å². The Bertz CT molecular complexity index is 467. The molecule has 4 nitrogen and oxygen atoms in total. The Balaban J connectivity index is 1.74. The zero-order chi connectivity index (χ0) is 13.2. The molecule has 1 aromatic carbocycles. The van der Waals surface area contributed by atoms with Crippen molar-refractivity contribution < 1.29 is 9.47 Å². The van der Waals surface area contributed by atoms with Crippen LogP contribution in [0.2, 0.25) is 0 Å². The first-order valence-electron chi connectivity index (χ1n) is 6.76. The Morgan fingerprint density at radius 1 is 1.26 bits per heavy atom. The van der Waals surface area contributed by atoms with Crippen LogP contribution in [0.4, 0.5) is 0 Å². The van der Waals surface area contributed by atoms with Gasteiger partial charge in [0.1, 0.15) is 13.2 Å². The molecule has 0 radical (unpaired) electrons. The summed E-state index contributed by atoms with van der Waals surface area (Å²) in [5, 5.41) is 0. The van der Waals surface area contributed by atoms with E-state index >= 15 is 0 Å². The van der Waals surface area contributed by atoms with Crippen LogP contribution in [0.1, 0.15) is 12.0 Å². The standard InChI is InChI=1S/C14H19BrN2O2/c15-12-6-14-13(18-3-4-19-14)5-11(12)9-17-2-1-10(7-16)8-17/h5-6,10H,1-4,7-9,16H2/t10-/m0/s1. The van der Waals surface area contributed by atoms with Gasteiger partial charge in [-0.25, -0.2) is 0 Å². The topological polar surface area (TPSA) is 47.7 Å². The molecule has 5 heteroatoms. The fourth-order valence-electron chi connectivity index (χ4n) is 2.72. The molecule has 1 saturated heterocycles. The van der Waals surface area contributed by atoms with Gasteiger partial charge in [0.15, 0.2) is 11.5 Å². The lowest BCUT2D eigenvalue weighted by atomic mass is 10.1. The number of ether oxygens (including phenoxy) is 2. The van der Waals surface area contributed by atoms with Crippen molar-refractivity contribution in [2.45, 2.75) is 13.0 Å². The second-order valence-corrected chi connectivity index (χ2v) is 6.07. The minimum absolute atomic E-state index is 0.628. The Morgan fingerprint density at radius 2 is 2.00 bits per heavy atom. The van der Waals surface area contributed by atoms with Gasteiger partial charge in [-0.1, -0.05) is 15.9 Å². The van der Waals surface area contributed by atoms with E-state index in [4.69, 9.17) is 15.2 Å². The molecule has 2 aliphatic heterocycles. The van der Waals surface area contributed by atoms with E-state index in [0.29, 0.717) is 19.1 Å². The number of nitrogens with zero attached hydrogens (tertiary/aromatic N) is 1. The average Bonchev–Trinajstić information content (AvgIpc) is 2.87. The van der Waals surface area contributed by atoms with Crippen LogP contribution in [0.3, 0.4) is 0 Å². The zero-order valence-corrected chi connectivity index (χ0v) is 12.5. The normalized spacial score (nSPS) is 22.7. The number of nitrogens with two attached hydrogens (primary N) is 1. The fourth-order valence-corrected chi connectivity index (χ4v) is 3.16. The van der Waals surface area contributed by atoms with Crippen molar-refractivity contribution in [3.05, 3.63) is 22.2 Å². The average molecular weight is 327 g/mol. The van der Waals surface area contributed by atoms with Crippen LogP contribution in [-0.2, 0) is 6.54 Å². The van der Waals surface area contributed by atoms with Crippen molar-refractivity contribution in [1.29, 1.82) is 0 Å². The molecule has 0 spiro atoms. The van der Waals surface area contributed by atoms with Gasteiger partial charge in [-0.15, -0.1) is 0 Å². The highest BCUT2D eigenvalue weighted by Gasteiger charge is 2.23. The van der Waals surface area contributed by atoms with Crippen LogP contribution in [0.5, 0.6) is 11.5 Å². The van der Waals surface area contributed by atoms with Gasteiger partial charge in [0, 0.05) is 17.6 Å². The highest BCUT2D eigenvalue weighted by atomic mass is 79.9. The third-order valence-corrected chi connectivity index (χ3v) is 4.55. The summed E-state index contributed by atoms with van der Waals surface area (Å²) >= 11 is 3.63. The highest BCUT2D eigenvalue weighted by Crippen LogP contribution is 2.36. The van der Waals surface area contributed by atoms with Gasteiger partial charge in [0.25, 0.3) is 0 Å². The molecule has 0 amide bonds. The molecule has 0 saturated carbocycles. The summed E-state index contributed by atoms with van der Waals surface area (Å²) in [7, 11) is 0. The van der Waals surface area contributed by atoms with Gasteiger partial charge < -0.3 is 15.2 Å². The lowest BCUT2D eigenvalue weighted by molar-refractivity contribution is 0.171. The molecule has 3 rings (SSSR count). The van der Waals surface area contributed by atoms with Crippen LogP contribution in [0, 0.1) is 5.92 Å². The first-order valence-corrected chi connectivity index (χ1v) is 7.56. The lowest BCUT2D eigenvalue weighted by Crippen LogP contribution is -2.23. The molecule has 19 heavy (non-hydrogen) atoms. The molecule has 0 bridgehead atoms. The summed E-state index contributed by atoms with van der Waals surface area (Å²) in [5.74, 6) is 2.35. The lowest BCUT2D eigenvalue weighted by Gasteiger charge is -2.22. The van der Waals surface area contributed by atoms with Gasteiger partial charge in [-0.2, -0.15) is 0 Å². The maximum Gasteiger partial charge on any atom is 0.162 e. The summed E-state index contributed by atoms with van der Waals surface area (Å²) < 4.78 is 12.3. The molecule has 2 heterocycles. The molecular weight excluding hydrogens is 308 g/mol. The van der Waals surface area contributed by atoms with E-state index in [9.17, 15) is 0 Å². The Morgan fingerprint density at radius 3 is 2.68 bits per heavy atom. The summed E-state index contributed by atoms with van der Waals surface area (Å²) in [6, 6.07) is 4.11. The number of benzene rings is 1. The maximum absolute atomic E-state index is 5.74. The molecule has 1 aromatic rings. The second kappa shape index (κ2) is 5.69. The SMILES string of the molecule is NC[C@@H]1CCN(Cc2cc3c(cc2Br)OCCO3)C1. The van der Waals surface area contributed by atoms with Crippen molar-refractivity contribution in [2.24, 2.45) is 11.7 Å². The van der Waals surface area contributed by atoms with E-state index in [0.717, 1.165) is 42.2 Å². The number of rotatable bonds is 3. The zero-order valence-electron chi connectivity index (χ0n) is 10.9. The van der Waals surface area contributed by atoms with Gasteiger partial charge in [0.2, 0.25) is 0 Å². The van der Waals surface area contributed by atoms with Crippen LogP contribution in [0.25, 0.3) is 0 Å². The highest BCUT2D eigenvalue weighted by molar-refractivity contribution is 9.10. The molecular formula is C14H19BrN2O2.